The molecule has 3 aromatic rings. The Bertz CT molecular complexity index is 919. The molecule has 0 aliphatic carbocycles. The Morgan fingerprint density at radius 2 is 2.09 bits per heavy atom. The van der Waals surface area contributed by atoms with Gasteiger partial charge in [-0.3, -0.25) is 10.2 Å². The first kappa shape index (κ1) is 14.2. The van der Waals surface area contributed by atoms with Gasteiger partial charge in [0.15, 0.2) is 0 Å². The molecule has 1 heterocycles. The summed E-state index contributed by atoms with van der Waals surface area (Å²) in [7, 11) is 0. The minimum Gasteiger partial charge on any atom is -0.508 e. The van der Waals surface area contributed by atoms with Crippen LogP contribution in [0, 0.1) is 0 Å². The van der Waals surface area contributed by atoms with Crippen molar-refractivity contribution in [3.63, 3.8) is 0 Å². The molecular formula is C16H11ClN2O3. The summed E-state index contributed by atoms with van der Waals surface area (Å²) in [5.41, 5.74) is 3.89. The number of rotatable bonds is 3. The van der Waals surface area contributed by atoms with Crippen molar-refractivity contribution in [2.24, 2.45) is 5.10 Å². The van der Waals surface area contributed by atoms with E-state index in [0.29, 0.717) is 27.2 Å². The first-order valence-electron chi connectivity index (χ1n) is 6.43. The zero-order chi connectivity index (χ0) is 15.5. The molecule has 0 spiro atoms. The van der Waals surface area contributed by atoms with Crippen LogP contribution in [0.5, 0.6) is 5.75 Å². The number of nitrogens with zero attached hydrogens (tertiary/aromatic N) is 1. The summed E-state index contributed by atoms with van der Waals surface area (Å²) >= 11 is 5.87. The van der Waals surface area contributed by atoms with Gasteiger partial charge in [-0.05, 0) is 30.3 Å². The summed E-state index contributed by atoms with van der Waals surface area (Å²) in [5.74, 6) is 0.0414. The van der Waals surface area contributed by atoms with E-state index >= 15 is 0 Å². The molecule has 1 aromatic heterocycles. The molecule has 0 fully saturated rings. The number of phenolic OH excluding ortho intramolecular Hbond substituents is 1. The van der Waals surface area contributed by atoms with E-state index in [-0.39, 0.29) is 11.2 Å². The average Bonchev–Trinajstić information content (AvgIpc) is 2.49. The molecule has 0 aliphatic heterocycles. The van der Waals surface area contributed by atoms with Crippen LogP contribution in [0.3, 0.4) is 0 Å². The van der Waals surface area contributed by atoms with Gasteiger partial charge in [0.25, 0.3) is 0 Å². The van der Waals surface area contributed by atoms with E-state index in [4.69, 9.17) is 16.0 Å². The summed E-state index contributed by atoms with van der Waals surface area (Å²) in [6, 6.07) is 11.4. The van der Waals surface area contributed by atoms with Crippen LogP contribution in [0.15, 0.2) is 63.0 Å². The van der Waals surface area contributed by atoms with Gasteiger partial charge in [0.05, 0.1) is 22.9 Å². The fourth-order valence-corrected chi connectivity index (χ4v) is 2.15. The van der Waals surface area contributed by atoms with Crippen molar-refractivity contribution < 1.29 is 9.52 Å². The number of hydrazone groups is 1. The van der Waals surface area contributed by atoms with Crippen molar-refractivity contribution in [2.45, 2.75) is 0 Å². The summed E-state index contributed by atoms with van der Waals surface area (Å²) in [6.07, 6.45) is 2.67. The lowest BCUT2D eigenvalue weighted by molar-refractivity contribution is 0.474. The minimum absolute atomic E-state index is 0.0414. The van der Waals surface area contributed by atoms with Gasteiger partial charge in [-0.25, -0.2) is 0 Å². The number of benzene rings is 2. The monoisotopic (exact) mass is 314 g/mol. The second kappa shape index (κ2) is 5.91. The Morgan fingerprint density at radius 3 is 2.91 bits per heavy atom. The SMILES string of the molecule is O=c1c(/C=N/Nc2cccc(Cl)c2)coc2cc(O)ccc12. The van der Waals surface area contributed by atoms with Gasteiger partial charge >= 0.3 is 0 Å². The van der Waals surface area contributed by atoms with E-state index in [1.807, 2.05) is 0 Å². The number of phenols is 1. The molecule has 0 radical (unpaired) electrons. The highest BCUT2D eigenvalue weighted by molar-refractivity contribution is 6.30. The number of hydrogen-bond donors (Lipinski definition) is 2. The van der Waals surface area contributed by atoms with Crippen molar-refractivity contribution in [1.29, 1.82) is 0 Å². The van der Waals surface area contributed by atoms with Crippen LogP contribution in [-0.4, -0.2) is 11.3 Å². The third kappa shape index (κ3) is 2.94. The van der Waals surface area contributed by atoms with E-state index in [9.17, 15) is 9.90 Å². The average molecular weight is 315 g/mol. The summed E-state index contributed by atoms with van der Waals surface area (Å²) < 4.78 is 5.33. The molecule has 0 unspecified atom stereocenters. The highest BCUT2D eigenvalue weighted by atomic mass is 35.5. The van der Waals surface area contributed by atoms with Crippen LogP contribution < -0.4 is 10.9 Å². The van der Waals surface area contributed by atoms with E-state index in [0.717, 1.165) is 0 Å². The van der Waals surface area contributed by atoms with Crippen LogP contribution in [-0.2, 0) is 0 Å². The van der Waals surface area contributed by atoms with Crippen molar-refractivity contribution in [2.75, 3.05) is 5.43 Å². The molecule has 22 heavy (non-hydrogen) atoms. The van der Waals surface area contributed by atoms with Crippen LogP contribution in [0.25, 0.3) is 11.0 Å². The zero-order valence-electron chi connectivity index (χ0n) is 11.3. The van der Waals surface area contributed by atoms with Crippen molar-refractivity contribution >= 4 is 34.5 Å². The third-order valence-corrected chi connectivity index (χ3v) is 3.24. The van der Waals surface area contributed by atoms with E-state index < -0.39 is 0 Å². The minimum atomic E-state index is -0.224. The maximum Gasteiger partial charge on any atom is 0.201 e. The molecule has 3 rings (SSSR count). The lowest BCUT2D eigenvalue weighted by Gasteiger charge is -2.01. The second-order valence-electron chi connectivity index (χ2n) is 4.58. The predicted molar refractivity (Wildman–Crippen MR) is 86.8 cm³/mol. The highest BCUT2D eigenvalue weighted by Gasteiger charge is 2.05. The summed E-state index contributed by atoms with van der Waals surface area (Å²) in [4.78, 5) is 12.3. The molecular weight excluding hydrogens is 304 g/mol. The summed E-state index contributed by atoms with van der Waals surface area (Å²) in [6.45, 7) is 0. The summed E-state index contributed by atoms with van der Waals surface area (Å²) in [5, 5.41) is 14.3. The van der Waals surface area contributed by atoms with E-state index in [1.54, 1.807) is 24.3 Å². The van der Waals surface area contributed by atoms with Gasteiger partial charge in [-0.1, -0.05) is 17.7 Å². The Balaban J connectivity index is 1.88. The molecule has 110 valence electrons. The highest BCUT2D eigenvalue weighted by Crippen LogP contribution is 2.17. The predicted octanol–water partition coefficient (Wildman–Crippen LogP) is 3.60. The van der Waals surface area contributed by atoms with Crippen LogP contribution in [0.4, 0.5) is 5.69 Å². The molecule has 0 amide bonds. The maximum absolute atomic E-state index is 12.3. The molecule has 2 aromatic carbocycles. The number of aromatic hydroxyl groups is 1. The first-order chi connectivity index (χ1) is 10.6. The fourth-order valence-electron chi connectivity index (χ4n) is 1.96. The molecule has 0 saturated heterocycles. The van der Waals surface area contributed by atoms with Gasteiger partial charge in [0, 0.05) is 11.1 Å². The van der Waals surface area contributed by atoms with Crippen molar-refractivity contribution in [3.8, 4) is 5.75 Å². The maximum atomic E-state index is 12.3. The Kier molecular flexibility index (Phi) is 3.80. The van der Waals surface area contributed by atoms with Crippen LogP contribution in [0.2, 0.25) is 5.02 Å². The number of anilines is 1. The molecule has 0 bridgehead atoms. The number of hydrogen-bond acceptors (Lipinski definition) is 5. The third-order valence-electron chi connectivity index (χ3n) is 3.01. The number of fused-ring (bicyclic) bond motifs is 1. The quantitative estimate of drug-likeness (QED) is 0.572. The Labute approximate surface area is 130 Å². The van der Waals surface area contributed by atoms with Crippen molar-refractivity contribution in [1.82, 2.24) is 0 Å². The van der Waals surface area contributed by atoms with Gasteiger partial charge in [-0.2, -0.15) is 5.10 Å². The molecule has 0 saturated carbocycles. The molecule has 0 aliphatic rings. The standard InChI is InChI=1S/C16H11ClN2O3/c17-11-2-1-3-12(6-11)19-18-8-10-9-22-15-7-13(20)4-5-14(15)16(10)21/h1-9,19-20H/b18-8+. The first-order valence-corrected chi connectivity index (χ1v) is 6.80. The lowest BCUT2D eigenvalue weighted by atomic mass is 10.2. The van der Waals surface area contributed by atoms with Crippen LogP contribution in [0.1, 0.15) is 5.56 Å². The smallest absolute Gasteiger partial charge is 0.201 e. The molecule has 2 N–H and O–H groups in total. The number of halogens is 1. The van der Waals surface area contributed by atoms with Crippen molar-refractivity contribution in [3.05, 3.63) is 69.5 Å². The molecule has 0 atom stereocenters. The normalized spacial score (nSPS) is 11.1. The largest absolute Gasteiger partial charge is 0.508 e. The van der Waals surface area contributed by atoms with Gasteiger partial charge in [0.1, 0.15) is 17.6 Å². The zero-order valence-corrected chi connectivity index (χ0v) is 12.0. The second-order valence-corrected chi connectivity index (χ2v) is 5.02. The van der Waals surface area contributed by atoms with E-state index in [2.05, 4.69) is 10.5 Å². The molecule has 6 heteroatoms. The Morgan fingerprint density at radius 1 is 1.23 bits per heavy atom. The topological polar surface area (TPSA) is 74.8 Å². The van der Waals surface area contributed by atoms with Gasteiger partial charge < -0.3 is 9.52 Å². The van der Waals surface area contributed by atoms with Gasteiger partial charge in [0.2, 0.25) is 5.43 Å². The Hall–Kier alpha value is -2.79. The van der Waals surface area contributed by atoms with E-state index in [1.165, 1.54) is 30.7 Å². The fraction of sp³-hybridized carbons (Fsp3) is 0. The number of nitrogens with one attached hydrogen (secondary N) is 1. The lowest BCUT2D eigenvalue weighted by Crippen LogP contribution is -2.08. The van der Waals surface area contributed by atoms with Crippen LogP contribution >= 0.6 is 11.6 Å². The molecule has 5 nitrogen and oxygen atoms in total. The van der Waals surface area contributed by atoms with Gasteiger partial charge in [-0.15, -0.1) is 0 Å².